The lowest BCUT2D eigenvalue weighted by Crippen LogP contribution is -2.42. The van der Waals surface area contributed by atoms with Crippen LogP contribution < -0.4 is 25.2 Å². The number of ether oxygens (including phenoxy) is 3. The van der Waals surface area contributed by atoms with E-state index in [0.29, 0.717) is 42.7 Å². The van der Waals surface area contributed by atoms with Gasteiger partial charge in [0.05, 0.1) is 30.6 Å². The van der Waals surface area contributed by atoms with Gasteiger partial charge in [-0.05, 0) is 30.7 Å². The van der Waals surface area contributed by atoms with Crippen molar-refractivity contribution >= 4 is 39.7 Å². The number of carbonyl (C=O) groups excluding carboxylic acids is 2. The molecule has 2 aliphatic rings. The van der Waals surface area contributed by atoms with Gasteiger partial charge in [-0.25, -0.2) is 15.0 Å². The first-order chi connectivity index (χ1) is 20.5. The van der Waals surface area contributed by atoms with E-state index in [1.54, 1.807) is 37.0 Å². The molecule has 0 bridgehead atoms. The molecule has 5 rings (SSSR count). The minimum absolute atomic E-state index is 0.0353. The fraction of sp³-hybridized carbons (Fsp3) is 0.483. The molecule has 0 unspecified atom stereocenters. The van der Waals surface area contributed by atoms with Crippen molar-refractivity contribution in [1.82, 2.24) is 20.3 Å². The third-order valence-corrected chi connectivity index (χ3v) is 8.20. The van der Waals surface area contributed by atoms with Crippen LogP contribution >= 0.6 is 11.3 Å². The lowest BCUT2D eigenvalue weighted by Gasteiger charge is -2.34. The van der Waals surface area contributed by atoms with E-state index in [4.69, 9.17) is 14.2 Å². The number of piperidine rings is 1. The van der Waals surface area contributed by atoms with Crippen molar-refractivity contribution in [2.75, 3.05) is 68.2 Å². The summed E-state index contributed by atoms with van der Waals surface area (Å²) in [5.41, 5.74) is 2.03. The fourth-order valence-electron chi connectivity index (χ4n) is 4.95. The van der Waals surface area contributed by atoms with Crippen LogP contribution in [0.3, 0.4) is 0 Å². The summed E-state index contributed by atoms with van der Waals surface area (Å²) in [7, 11) is 1.58. The van der Waals surface area contributed by atoms with E-state index in [9.17, 15) is 9.59 Å². The zero-order valence-corrected chi connectivity index (χ0v) is 24.8. The summed E-state index contributed by atoms with van der Waals surface area (Å²) in [6.07, 6.45) is 6.02. The molecule has 3 aromatic rings. The van der Waals surface area contributed by atoms with E-state index in [1.165, 1.54) is 11.3 Å². The van der Waals surface area contributed by atoms with Gasteiger partial charge in [0.15, 0.2) is 5.13 Å². The molecule has 2 amide bonds. The predicted molar refractivity (Wildman–Crippen MR) is 161 cm³/mol. The molecule has 2 N–H and O–H groups in total. The number of rotatable bonds is 11. The van der Waals surface area contributed by atoms with Gasteiger partial charge in [0.25, 0.3) is 11.8 Å². The van der Waals surface area contributed by atoms with Gasteiger partial charge < -0.3 is 34.6 Å². The number of hydrogen-bond acceptors (Lipinski definition) is 11. The molecule has 0 aliphatic carbocycles. The molecule has 1 aromatic carbocycles. The first-order valence-corrected chi connectivity index (χ1v) is 15.1. The van der Waals surface area contributed by atoms with Gasteiger partial charge >= 0.3 is 6.01 Å². The molecular weight excluding hydrogens is 558 g/mol. The summed E-state index contributed by atoms with van der Waals surface area (Å²) in [5.74, 6) is -0.650. The van der Waals surface area contributed by atoms with Gasteiger partial charge in [-0.3, -0.25) is 9.59 Å². The molecule has 42 heavy (non-hydrogen) atoms. The third-order valence-electron chi connectivity index (χ3n) is 7.30. The quantitative estimate of drug-likeness (QED) is 0.319. The Kier molecular flexibility index (Phi) is 10.2. The smallest absolute Gasteiger partial charge is 0.316 e. The van der Waals surface area contributed by atoms with Crippen molar-refractivity contribution in [3.05, 3.63) is 53.3 Å². The lowest BCUT2D eigenvalue weighted by atomic mass is 10.1. The van der Waals surface area contributed by atoms with Crippen molar-refractivity contribution in [1.29, 1.82) is 0 Å². The molecular formula is C29H37N7O5S. The van der Waals surface area contributed by atoms with Crippen molar-refractivity contribution in [2.24, 2.45) is 0 Å². The minimum atomic E-state index is -0.368. The number of nitrogens with zero attached hydrogens (tertiary/aromatic N) is 5. The highest BCUT2D eigenvalue weighted by Gasteiger charge is 2.25. The van der Waals surface area contributed by atoms with Crippen LogP contribution in [0.25, 0.3) is 0 Å². The molecule has 224 valence electrons. The molecule has 4 heterocycles. The second-order valence-electron chi connectivity index (χ2n) is 10.1. The molecule has 1 atom stereocenters. The van der Waals surface area contributed by atoms with Crippen LogP contribution in [0.15, 0.2) is 42.0 Å². The van der Waals surface area contributed by atoms with Gasteiger partial charge in [-0.2, -0.15) is 0 Å². The number of thiazole rings is 1. The number of benzene rings is 1. The first-order valence-electron chi connectivity index (χ1n) is 14.3. The minimum Gasteiger partial charge on any atom is -0.460 e. The maximum Gasteiger partial charge on any atom is 0.316 e. The third kappa shape index (κ3) is 7.52. The fourth-order valence-corrected chi connectivity index (χ4v) is 5.81. The molecule has 0 radical (unpaired) electrons. The first kappa shape index (κ1) is 29.7. The summed E-state index contributed by atoms with van der Waals surface area (Å²) >= 11 is 1.42. The Hall–Kier alpha value is -3.81. The van der Waals surface area contributed by atoms with Gasteiger partial charge in [-0.1, -0.05) is 6.92 Å². The summed E-state index contributed by atoms with van der Waals surface area (Å²) < 4.78 is 16.8. The number of morpholine rings is 1. The Balaban J connectivity index is 1.24. The standard InChI is InChI=1S/C29H37N7O5S/c1-3-21-18-36(14-16-40-21)20-5-6-24(23(17-20)26(37)30-11-15-39-2)33-27(38)25-19-42-29(34-25)35-12-7-22(8-13-35)41-28-31-9-4-10-32-28/h4-6,9-10,17,19,21-22H,3,7-8,11-16,18H2,1-2H3,(H,30,37)(H,33,38)/t21-/m1/s1. The highest BCUT2D eigenvalue weighted by atomic mass is 32.1. The van der Waals surface area contributed by atoms with Crippen LogP contribution in [0, 0.1) is 0 Å². The monoisotopic (exact) mass is 595 g/mol. The van der Waals surface area contributed by atoms with E-state index < -0.39 is 0 Å². The van der Waals surface area contributed by atoms with Gasteiger partial charge in [0, 0.05) is 76.1 Å². The maximum absolute atomic E-state index is 13.3. The molecule has 0 spiro atoms. The van der Waals surface area contributed by atoms with Crippen LogP contribution in [-0.2, 0) is 9.47 Å². The van der Waals surface area contributed by atoms with Crippen LogP contribution in [0.1, 0.15) is 47.0 Å². The number of amides is 2. The second kappa shape index (κ2) is 14.4. The highest BCUT2D eigenvalue weighted by molar-refractivity contribution is 7.14. The topological polar surface area (TPSA) is 131 Å². The molecule has 2 aliphatic heterocycles. The Morgan fingerprint density at radius 3 is 2.69 bits per heavy atom. The van der Waals surface area contributed by atoms with Crippen molar-refractivity contribution in [3.8, 4) is 6.01 Å². The maximum atomic E-state index is 13.3. The van der Waals surface area contributed by atoms with Crippen LogP contribution in [-0.4, -0.2) is 92.0 Å². The Labute approximate surface area is 249 Å². The zero-order chi connectivity index (χ0) is 29.3. The highest BCUT2D eigenvalue weighted by Crippen LogP contribution is 2.28. The second-order valence-corrected chi connectivity index (χ2v) is 11.0. The average Bonchev–Trinajstić information content (AvgIpc) is 3.53. The normalized spacial score (nSPS) is 17.6. The number of aromatic nitrogens is 3. The SMILES string of the molecule is CC[C@@H]1CN(c2ccc(NC(=O)c3csc(N4CCC(Oc5ncccn5)CC4)n3)c(C(=O)NCCOC)c2)CCO1. The van der Waals surface area contributed by atoms with E-state index in [2.05, 4.69) is 42.3 Å². The Morgan fingerprint density at radius 2 is 1.93 bits per heavy atom. The Bertz CT molecular complexity index is 1330. The molecule has 12 nitrogen and oxygen atoms in total. The largest absolute Gasteiger partial charge is 0.460 e. The number of carbonyl (C=O) groups is 2. The summed E-state index contributed by atoms with van der Waals surface area (Å²) in [6, 6.07) is 7.68. The van der Waals surface area contributed by atoms with E-state index in [1.807, 2.05) is 12.1 Å². The summed E-state index contributed by atoms with van der Waals surface area (Å²) in [6.45, 7) is 6.46. The van der Waals surface area contributed by atoms with Crippen molar-refractivity contribution in [2.45, 2.75) is 38.4 Å². The van der Waals surface area contributed by atoms with Gasteiger partial charge in [0.1, 0.15) is 11.8 Å². The van der Waals surface area contributed by atoms with Gasteiger partial charge in [-0.15, -0.1) is 11.3 Å². The molecule has 2 fully saturated rings. The van der Waals surface area contributed by atoms with Crippen molar-refractivity contribution in [3.63, 3.8) is 0 Å². The average molecular weight is 596 g/mol. The Morgan fingerprint density at radius 1 is 1.12 bits per heavy atom. The molecule has 2 aromatic heterocycles. The zero-order valence-electron chi connectivity index (χ0n) is 24.0. The molecule has 2 saturated heterocycles. The summed E-state index contributed by atoms with van der Waals surface area (Å²) in [4.78, 5) is 43.7. The van der Waals surface area contributed by atoms with Crippen LogP contribution in [0.2, 0.25) is 0 Å². The number of hydrogen-bond donors (Lipinski definition) is 2. The predicted octanol–water partition coefficient (Wildman–Crippen LogP) is 3.22. The van der Waals surface area contributed by atoms with Crippen LogP contribution in [0.4, 0.5) is 16.5 Å². The van der Waals surface area contributed by atoms with Gasteiger partial charge in [0.2, 0.25) is 0 Å². The lowest BCUT2D eigenvalue weighted by molar-refractivity contribution is 0.0384. The van der Waals surface area contributed by atoms with E-state index in [0.717, 1.165) is 56.3 Å². The van der Waals surface area contributed by atoms with E-state index >= 15 is 0 Å². The summed E-state index contributed by atoms with van der Waals surface area (Å²) in [5, 5.41) is 8.31. The number of methoxy groups -OCH3 is 1. The number of nitrogens with one attached hydrogen (secondary N) is 2. The van der Waals surface area contributed by atoms with Crippen LogP contribution in [0.5, 0.6) is 6.01 Å². The van der Waals surface area contributed by atoms with E-state index in [-0.39, 0.29) is 24.0 Å². The molecule has 0 saturated carbocycles. The number of anilines is 3. The van der Waals surface area contributed by atoms with Crippen molar-refractivity contribution < 1.29 is 23.8 Å². The molecule has 13 heteroatoms.